The van der Waals surface area contributed by atoms with Crippen LogP contribution in [0.25, 0.3) is 0 Å². The van der Waals surface area contributed by atoms with Crippen molar-refractivity contribution in [1.29, 1.82) is 0 Å². The number of hydrogen-bond donors (Lipinski definition) is 1. The van der Waals surface area contributed by atoms with Gasteiger partial charge in [-0.25, -0.2) is 14.8 Å². The third-order valence-electron chi connectivity index (χ3n) is 2.03. The molecule has 0 radical (unpaired) electrons. The smallest absolute Gasteiger partial charge is 0.376 e. The predicted octanol–water partition coefficient (Wildman–Crippen LogP) is 1.74. The van der Waals surface area contributed by atoms with Crippen LogP contribution in [0, 0.1) is 6.92 Å². The standard InChI is InChI=1S/C11H17N3O2S/c1-7-5-9(12-8(2)6-17-4)14-10(13-7)11(15)16-3/h5,8H,6H2,1-4H3,(H,12,13,14). The molecule has 1 aromatic heterocycles. The molecule has 0 saturated carbocycles. The zero-order chi connectivity index (χ0) is 12.8. The van der Waals surface area contributed by atoms with Gasteiger partial charge in [0.05, 0.1) is 7.11 Å². The number of carbonyl (C=O) groups is 1. The fourth-order valence-corrected chi connectivity index (χ4v) is 1.95. The van der Waals surface area contributed by atoms with Crippen LogP contribution < -0.4 is 5.32 Å². The summed E-state index contributed by atoms with van der Waals surface area (Å²) in [6.07, 6.45) is 2.04. The quantitative estimate of drug-likeness (QED) is 0.808. The molecule has 17 heavy (non-hydrogen) atoms. The largest absolute Gasteiger partial charge is 0.463 e. The number of ether oxygens (including phenoxy) is 1. The maximum absolute atomic E-state index is 11.4. The van der Waals surface area contributed by atoms with Crippen molar-refractivity contribution in [2.24, 2.45) is 0 Å². The number of nitrogens with zero attached hydrogens (tertiary/aromatic N) is 2. The first-order valence-corrected chi connectivity index (χ1v) is 6.65. The summed E-state index contributed by atoms with van der Waals surface area (Å²) in [5.41, 5.74) is 0.735. The van der Waals surface area contributed by atoms with E-state index in [-0.39, 0.29) is 11.9 Å². The number of aryl methyl sites for hydroxylation is 1. The Kier molecular flexibility index (Phi) is 5.21. The van der Waals surface area contributed by atoms with E-state index in [1.165, 1.54) is 7.11 Å². The Balaban J connectivity index is 2.85. The number of esters is 1. The van der Waals surface area contributed by atoms with Crippen molar-refractivity contribution in [3.05, 3.63) is 17.6 Å². The van der Waals surface area contributed by atoms with Crippen LogP contribution in [0.5, 0.6) is 0 Å². The second-order valence-electron chi connectivity index (χ2n) is 3.71. The molecule has 0 amide bonds. The molecule has 0 aromatic carbocycles. The molecule has 1 unspecified atom stereocenters. The van der Waals surface area contributed by atoms with Gasteiger partial charge in [-0.05, 0) is 20.1 Å². The van der Waals surface area contributed by atoms with Crippen molar-refractivity contribution >= 4 is 23.5 Å². The summed E-state index contributed by atoms with van der Waals surface area (Å²) in [5, 5.41) is 3.22. The number of anilines is 1. The molecule has 0 aliphatic heterocycles. The zero-order valence-corrected chi connectivity index (χ0v) is 11.3. The number of rotatable bonds is 5. The van der Waals surface area contributed by atoms with E-state index in [1.807, 2.05) is 19.2 Å². The molecule has 1 aromatic rings. The highest BCUT2D eigenvalue weighted by atomic mass is 32.2. The molecular formula is C11H17N3O2S. The summed E-state index contributed by atoms with van der Waals surface area (Å²) >= 11 is 1.75. The van der Waals surface area contributed by atoms with Crippen molar-refractivity contribution in [1.82, 2.24) is 9.97 Å². The van der Waals surface area contributed by atoms with Crippen molar-refractivity contribution in [2.45, 2.75) is 19.9 Å². The normalized spacial score (nSPS) is 12.0. The van der Waals surface area contributed by atoms with Crippen LogP contribution in [0.2, 0.25) is 0 Å². The van der Waals surface area contributed by atoms with Gasteiger partial charge in [-0.2, -0.15) is 11.8 Å². The number of methoxy groups -OCH3 is 1. The summed E-state index contributed by atoms with van der Waals surface area (Å²) in [6, 6.07) is 2.09. The van der Waals surface area contributed by atoms with Crippen molar-refractivity contribution in [3.8, 4) is 0 Å². The van der Waals surface area contributed by atoms with E-state index in [4.69, 9.17) is 0 Å². The molecule has 1 rings (SSSR count). The van der Waals surface area contributed by atoms with Gasteiger partial charge in [-0.15, -0.1) is 0 Å². The van der Waals surface area contributed by atoms with Crippen molar-refractivity contribution in [3.63, 3.8) is 0 Å². The van der Waals surface area contributed by atoms with E-state index in [0.717, 1.165) is 11.4 Å². The molecule has 0 bridgehead atoms. The van der Waals surface area contributed by atoms with E-state index in [0.29, 0.717) is 5.82 Å². The summed E-state index contributed by atoms with van der Waals surface area (Å²) in [6.45, 7) is 3.88. The maximum atomic E-state index is 11.4. The van der Waals surface area contributed by atoms with Crippen molar-refractivity contribution in [2.75, 3.05) is 24.4 Å². The summed E-state index contributed by atoms with van der Waals surface area (Å²) in [7, 11) is 1.32. The lowest BCUT2D eigenvalue weighted by atomic mass is 10.3. The Morgan fingerprint density at radius 1 is 1.59 bits per heavy atom. The maximum Gasteiger partial charge on any atom is 0.376 e. The molecule has 1 heterocycles. The zero-order valence-electron chi connectivity index (χ0n) is 10.5. The van der Waals surface area contributed by atoms with Crippen LogP contribution >= 0.6 is 11.8 Å². The monoisotopic (exact) mass is 255 g/mol. The van der Waals surface area contributed by atoms with Gasteiger partial charge in [0.1, 0.15) is 5.82 Å². The topological polar surface area (TPSA) is 64.1 Å². The van der Waals surface area contributed by atoms with Crippen LogP contribution in [-0.4, -0.2) is 41.1 Å². The average Bonchev–Trinajstić information content (AvgIpc) is 2.27. The lowest BCUT2D eigenvalue weighted by Gasteiger charge is -2.13. The highest BCUT2D eigenvalue weighted by molar-refractivity contribution is 7.98. The minimum atomic E-state index is -0.519. The summed E-state index contributed by atoms with van der Waals surface area (Å²) in [5.74, 6) is 1.19. The van der Waals surface area contributed by atoms with Gasteiger partial charge >= 0.3 is 5.97 Å². The second kappa shape index (κ2) is 6.44. The molecule has 0 fully saturated rings. The first kappa shape index (κ1) is 13.8. The van der Waals surface area contributed by atoms with Crippen LogP contribution in [-0.2, 0) is 4.74 Å². The third kappa shape index (κ3) is 4.22. The predicted molar refractivity (Wildman–Crippen MR) is 69.6 cm³/mol. The Labute approximate surface area is 105 Å². The molecule has 5 nitrogen and oxygen atoms in total. The van der Waals surface area contributed by atoms with Crippen LogP contribution in [0.15, 0.2) is 6.07 Å². The fraction of sp³-hybridized carbons (Fsp3) is 0.545. The molecule has 94 valence electrons. The number of nitrogens with one attached hydrogen (secondary N) is 1. The fourth-order valence-electron chi connectivity index (χ4n) is 1.37. The average molecular weight is 255 g/mol. The van der Waals surface area contributed by atoms with Crippen LogP contribution in [0.3, 0.4) is 0 Å². The van der Waals surface area contributed by atoms with Gasteiger partial charge in [0, 0.05) is 23.6 Å². The first-order chi connectivity index (χ1) is 8.06. The summed E-state index contributed by atoms with van der Waals surface area (Å²) in [4.78, 5) is 19.5. The van der Waals surface area contributed by atoms with Gasteiger partial charge in [0.15, 0.2) is 0 Å². The highest BCUT2D eigenvalue weighted by Crippen LogP contribution is 2.10. The Morgan fingerprint density at radius 3 is 2.88 bits per heavy atom. The molecule has 0 aliphatic rings. The third-order valence-corrected chi connectivity index (χ3v) is 2.87. The van der Waals surface area contributed by atoms with E-state index in [1.54, 1.807) is 11.8 Å². The molecule has 1 atom stereocenters. The van der Waals surface area contributed by atoms with Gasteiger partial charge < -0.3 is 10.1 Å². The Bertz CT molecular complexity index is 398. The highest BCUT2D eigenvalue weighted by Gasteiger charge is 2.12. The van der Waals surface area contributed by atoms with E-state index in [9.17, 15) is 4.79 Å². The Morgan fingerprint density at radius 2 is 2.29 bits per heavy atom. The molecule has 0 spiro atoms. The Hall–Kier alpha value is -1.30. The summed E-state index contributed by atoms with van der Waals surface area (Å²) < 4.78 is 4.60. The lowest BCUT2D eigenvalue weighted by Crippen LogP contribution is -2.20. The number of hydrogen-bond acceptors (Lipinski definition) is 6. The van der Waals surface area contributed by atoms with Gasteiger partial charge in [0.2, 0.25) is 5.82 Å². The van der Waals surface area contributed by atoms with Crippen LogP contribution in [0.4, 0.5) is 5.82 Å². The first-order valence-electron chi connectivity index (χ1n) is 5.26. The minimum Gasteiger partial charge on any atom is -0.463 e. The second-order valence-corrected chi connectivity index (χ2v) is 4.62. The van der Waals surface area contributed by atoms with Gasteiger partial charge in [-0.1, -0.05) is 0 Å². The lowest BCUT2D eigenvalue weighted by molar-refractivity contribution is 0.0586. The number of carbonyl (C=O) groups excluding carboxylic acids is 1. The van der Waals surface area contributed by atoms with Crippen LogP contribution in [0.1, 0.15) is 23.2 Å². The van der Waals surface area contributed by atoms with E-state index < -0.39 is 5.97 Å². The molecule has 0 aliphatic carbocycles. The number of thioether (sulfide) groups is 1. The molecule has 0 saturated heterocycles. The van der Waals surface area contributed by atoms with E-state index >= 15 is 0 Å². The van der Waals surface area contributed by atoms with E-state index in [2.05, 4.69) is 26.9 Å². The van der Waals surface area contributed by atoms with Crippen molar-refractivity contribution < 1.29 is 9.53 Å². The molecule has 6 heteroatoms. The molecular weight excluding hydrogens is 238 g/mol. The number of aromatic nitrogens is 2. The van der Waals surface area contributed by atoms with Gasteiger partial charge in [0.25, 0.3) is 0 Å². The minimum absolute atomic E-state index is 0.0892. The molecule has 1 N–H and O–H groups in total. The SMILES string of the molecule is COC(=O)c1nc(C)cc(NC(C)CSC)n1. The van der Waals surface area contributed by atoms with Gasteiger partial charge in [-0.3, -0.25) is 0 Å².